The number of amides is 1. The van der Waals surface area contributed by atoms with Crippen LogP contribution in [0.15, 0.2) is 34.0 Å². The zero-order valence-corrected chi connectivity index (χ0v) is 23.1. The number of hydrogen-bond donors (Lipinski definition) is 3. The molecular formula is C27H36F2N8O3. The van der Waals surface area contributed by atoms with E-state index in [-0.39, 0.29) is 44.8 Å². The van der Waals surface area contributed by atoms with Crippen molar-refractivity contribution in [1.82, 2.24) is 29.7 Å². The fraction of sp³-hybridized carbons (Fsp3) is 0.519. The van der Waals surface area contributed by atoms with Gasteiger partial charge in [0.15, 0.2) is 0 Å². The van der Waals surface area contributed by atoms with Crippen molar-refractivity contribution in [2.24, 2.45) is 0 Å². The summed E-state index contributed by atoms with van der Waals surface area (Å²) in [4.78, 5) is 48.9. The van der Waals surface area contributed by atoms with E-state index in [9.17, 15) is 23.2 Å². The van der Waals surface area contributed by atoms with Gasteiger partial charge in [-0.05, 0) is 44.6 Å². The van der Waals surface area contributed by atoms with Crippen LogP contribution in [0.25, 0.3) is 11.0 Å². The highest BCUT2D eigenvalue weighted by Gasteiger charge is 2.35. The van der Waals surface area contributed by atoms with Gasteiger partial charge in [0.25, 0.3) is 5.92 Å². The Morgan fingerprint density at radius 2 is 1.75 bits per heavy atom. The van der Waals surface area contributed by atoms with E-state index < -0.39 is 17.0 Å². The molecular weight excluding hydrogens is 522 g/mol. The molecule has 3 aromatic rings. The molecule has 40 heavy (non-hydrogen) atoms. The van der Waals surface area contributed by atoms with Gasteiger partial charge in [-0.1, -0.05) is 6.92 Å². The molecule has 0 radical (unpaired) electrons. The van der Waals surface area contributed by atoms with Crippen LogP contribution in [0, 0.1) is 0 Å². The summed E-state index contributed by atoms with van der Waals surface area (Å²) >= 11 is 0. The number of hydrogen-bond acceptors (Lipinski definition) is 8. The lowest BCUT2D eigenvalue weighted by Crippen LogP contribution is -2.42. The molecule has 0 spiro atoms. The lowest BCUT2D eigenvalue weighted by atomic mass is 10.1. The predicted molar refractivity (Wildman–Crippen MR) is 151 cm³/mol. The number of piperidine rings is 1. The van der Waals surface area contributed by atoms with E-state index in [0.29, 0.717) is 54.4 Å². The molecule has 3 heterocycles. The third-order valence-electron chi connectivity index (χ3n) is 7.15. The fourth-order valence-corrected chi connectivity index (χ4v) is 4.78. The van der Waals surface area contributed by atoms with Crippen molar-refractivity contribution in [2.45, 2.75) is 58.0 Å². The van der Waals surface area contributed by atoms with E-state index in [2.05, 4.69) is 25.9 Å². The van der Waals surface area contributed by atoms with Gasteiger partial charge in [-0.2, -0.15) is 4.98 Å². The highest BCUT2D eigenvalue weighted by atomic mass is 19.3. The summed E-state index contributed by atoms with van der Waals surface area (Å²) in [5.41, 5.74) is 1.20. The highest BCUT2D eigenvalue weighted by Crippen LogP contribution is 2.30. The number of anilines is 3. The molecule has 3 N–H and O–H groups in total. The molecule has 0 unspecified atom stereocenters. The number of nitrogens with zero attached hydrogens (tertiary/aromatic N) is 5. The van der Waals surface area contributed by atoms with Crippen LogP contribution in [-0.4, -0.2) is 64.7 Å². The van der Waals surface area contributed by atoms with Crippen molar-refractivity contribution < 1.29 is 13.6 Å². The van der Waals surface area contributed by atoms with Crippen LogP contribution < -0.4 is 32.0 Å². The Labute approximate surface area is 230 Å². The van der Waals surface area contributed by atoms with Crippen molar-refractivity contribution in [3.05, 3.63) is 50.7 Å². The molecule has 13 heteroatoms. The first-order chi connectivity index (χ1) is 19.2. The molecule has 1 aromatic carbocycles. The third-order valence-corrected chi connectivity index (χ3v) is 7.15. The second-order valence-electron chi connectivity index (χ2n) is 9.86. The summed E-state index contributed by atoms with van der Waals surface area (Å²) in [6, 6.07) is 5.33. The van der Waals surface area contributed by atoms with E-state index >= 15 is 0 Å². The molecule has 4 rings (SSSR count). The molecule has 0 saturated carbocycles. The topological polar surface area (TPSA) is 126 Å². The summed E-state index contributed by atoms with van der Waals surface area (Å²) in [7, 11) is 3.33. The molecule has 0 bridgehead atoms. The molecule has 0 atom stereocenters. The van der Waals surface area contributed by atoms with Crippen LogP contribution in [-0.2, 0) is 24.3 Å². The minimum atomic E-state index is -2.67. The standard InChI is InChI=1S/C27H36F2N8O3/c1-4-18-17-32-26(35-14-9-27(28,29)10-15-35)34-23(18)33-19-6-7-20-21(16-19)37(13-8-22(38)31-3)25(40)24(39)36(20)12-5-11-30-2/h6-7,16-17,30H,4-5,8-15H2,1-3H3,(H,31,38)(H,32,33,34). The maximum absolute atomic E-state index is 13.7. The van der Waals surface area contributed by atoms with Gasteiger partial charge in [-0.15, -0.1) is 0 Å². The predicted octanol–water partition coefficient (Wildman–Crippen LogP) is 2.24. The Morgan fingerprint density at radius 1 is 1.05 bits per heavy atom. The maximum atomic E-state index is 13.7. The van der Waals surface area contributed by atoms with Gasteiger partial charge >= 0.3 is 11.1 Å². The number of aryl methyl sites for hydroxylation is 3. The first-order valence-electron chi connectivity index (χ1n) is 13.6. The number of benzene rings is 1. The zero-order chi connectivity index (χ0) is 28.9. The second kappa shape index (κ2) is 12.5. The lowest BCUT2D eigenvalue weighted by molar-refractivity contribution is -0.120. The van der Waals surface area contributed by atoms with Crippen molar-refractivity contribution in [2.75, 3.05) is 43.9 Å². The quantitative estimate of drug-likeness (QED) is 0.242. The lowest BCUT2D eigenvalue weighted by Gasteiger charge is -2.32. The molecule has 1 aliphatic heterocycles. The van der Waals surface area contributed by atoms with Crippen LogP contribution in [0.3, 0.4) is 0 Å². The Balaban J connectivity index is 1.73. The Morgan fingerprint density at radius 3 is 2.40 bits per heavy atom. The smallest absolute Gasteiger partial charge is 0.316 e. The van der Waals surface area contributed by atoms with Crippen molar-refractivity contribution >= 4 is 34.4 Å². The fourth-order valence-electron chi connectivity index (χ4n) is 4.78. The van der Waals surface area contributed by atoms with E-state index in [1.807, 2.05) is 14.0 Å². The minimum Gasteiger partial charge on any atom is -0.359 e. The Bertz CT molecular complexity index is 1480. The average molecular weight is 559 g/mol. The molecule has 0 aliphatic carbocycles. The Hall–Kier alpha value is -3.87. The van der Waals surface area contributed by atoms with Gasteiger partial charge in [-0.25, -0.2) is 13.8 Å². The molecule has 2 aromatic heterocycles. The number of alkyl halides is 2. The van der Waals surface area contributed by atoms with Gasteiger partial charge in [0.2, 0.25) is 11.9 Å². The summed E-state index contributed by atoms with van der Waals surface area (Å²) in [6.07, 6.45) is 2.52. The molecule has 1 saturated heterocycles. The number of aromatic nitrogens is 4. The number of carbonyl (C=O) groups excluding carboxylic acids is 1. The van der Waals surface area contributed by atoms with Crippen molar-refractivity contribution in [3.63, 3.8) is 0 Å². The van der Waals surface area contributed by atoms with Crippen LogP contribution in [0.5, 0.6) is 0 Å². The second-order valence-corrected chi connectivity index (χ2v) is 9.86. The molecule has 1 aliphatic rings. The first kappa shape index (κ1) is 29.1. The molecule has 216 valence electrons. The SMILES string of the molecule is CCc1cnc(N2CCC(F)(F)CC2)nc1Nc1ccc2c(c1)n(CCC(=O)NC)c(=O)c(=O)n2CCCNC. The van der Waals surface area contributed by atoms with Gasteiger partial charge in [0, 0.05) is 69.9 Å². The molecule has 11 nitrogen and oxygen atoms in total. The summed E-state index contributed by atoms with van der Waals surface area (Å²) in [5, 5.41) is 8.89. The van der Waals surface area contributed by atoms with Crippen LogP contribution in [0.4, 0.5) is 26.2 Å². The summed E-state index contributed by atoms with van der Waals surface area (Å²) < 4.78 is 30.2. The number of nitrogens with one attached hydrogen (secondary N) is 3. The van der Waals surface area contributed by atoms with Crippen molar-refractivity contribution in [3.8, 4) is 0 Å². The van der Waals surface area contributed by atoms with Gasteiger partial charge < -0.3 is 30.0 Å². The largest absolute Gasteiger partial charge is 0.359 e. The zero-order valence-electron chi connectivity index (χ0n) is 23.1. The minimum absolute atomic E-state index is 0.0382. The van der Waals surface area contributed by atoms with Gasteiger partial charge in [-0.3, -0.25) is 14.4 Å². The van der Waals surface area contributed by atoms with Crippen LogP contribution in [0.1, 0.15) is 38.2 Å². The van der Waals surface area contributed by atoms with E-state index in [0.717, 1.165) is 5.56 Å². The normalized spacial score (nSPS) is 14.9. The van der Waals surface area contributed by atoms with Crippen LogP contribution in [0.2, 0.25) is 0 Å². The third kappa shape index (κ3) is 6.46. The maximum Gasteiger partial charge on any atom is 0.316 e. The number of halogens is 2. The van der Waals surface area contributed by atoms with E-state index in [4.69, 9.17) is 0 Å². The summed E-state index contributed by atoms with van der Waals surface area (Å²) in [5.74, 6) is -2.01. The number of carbonyl (C=O) groups is 1. The van der Waals surface area contributed by atoms with Crippen molar-refractivity contribution in [1.29, 1.82) is 0 Å². The van der Waals surface area contributed by atoms with Gasteiger partial charge in [0.1, 0.15) is 5.82 Å². The van der Waals surface area contributed by atoms with Gasteiger partial charge in [0.05, 0.1) is 11.0 Å². The number of rotatable bonds is 11. The first-order valence-corrected chi connectivity index (χ1v) is 13.6. The Kier molecular flexibility index (Phi) is 9.13. The van der Waals surface area contributed by atoms with E-state index in [1.165, 1.54) is 16.2 Å². The number of fused-ring (bicyclic) bond motifs is 1. The van der Waals surface area contributed by atoms with E-state index in [1.54, 1.807) is 29.3 Å². The summed E-state index contributed by atoms with van der Waals surface area (Å²) in [6.45, 7) is 3.37. The molecule has 1 amide bonds. The molecule has 1 fully saturated rings. The monoisotopic (exact) mass is 558 g/mol. The van der Waals surface area contributed by atoms with Crippen LogP contribution >= 0.6 is 0 Å². The average Bonchev–Trinajstić information content (AvgIpc) is 2.94. The highest BCUT2D eigenvalue weighted by molar-refractivity contribution is 5.81.